The van der Waals surface area contributed by atoms with Crippen LogP contribution in [-0.2, 0) is 10.0 Å². The Morgan fingerprint density at radius 1 is 1.14 bits per heavy atom. The van der Waals surface area contributed by atoms with Crippen LogP contribution in [0.1, 0.15) is 16.5 Å². The Kier molecular flexibility index (Phi) is 3.49. The second-order valence-corrected chi connectivity index (χ2v) is 7.50. The molecule has 0 aliphatic carbocycles. The second kappa shape index (κ2) is 5.21. The van der Waals surface area contributed by atoms with Crippen LogP contribution < -0.4 is 4.72 Å². The fourth-order valence-corrected chi connectivity index (χ4v) is 4.35. The predicted molar refractivity (Wildman–Crippen MR) is 79.1 cm³/mol. The summed E-state index contributed by atoms with van der Waals surface area (Å²) in [6, 6.07) is 3.02. The molecule has 22 heavy (non-hydrogen) atoms. The molecule has 3 aromatic heterocycles. The van der Waals surface area contributed by atoms with Gasteiger partial charge in [-0.05, 0) is 19.9 Å². The maximum atomic E-state index is 12.4. The molecule has 0 saturated carbocycles. The second-order valence-electron chi connectivity index (χ2n) is 4.60. The highest BCUT2D eigenvalue weighted by Crippen LogP contribution is 2.32. The zero-order valence-corrected chi connectivity index (χ0v) is 13.6. The van der Waals surface area contributed by atoms with E-state index in [-0.39, 0.29) is 10.7 Å². The number of thiophene rings is 1. The maximum Gasteiger partial charge on any atom is 0.264 e. The van der Waals surface area contributed by atoms with Crippen LogP contribution >= 0.6 is 11.3 Å². The third-order valence-corrected chi connectivity index (χ3v) is 5.43. The maximum absolute atomic E-state index is 12.4. The highest BCUT2D eigenvalue weighted by Gasteiger charge is 2.23. The number of rotatable bonds is 4. The predicted octanol–water partition coefficient (Wildman–Crippen LogP) is 2.51. The summed E-state index contributed by atoms with van der Waals surface area (Å²) in [7, 11) is -3.76. The zero-order valence-electron chi connectivity index (χ0n) is 11.9. The molecule has 116 valence electrons. The molecule has 0 fully saturated rings. The Hall–Kier alpha value is -2.20. The molecule has 3 rings (SSSR count). The number of sulfonamides is 1. The lowest BCUT2D eigenvalue weighted by molar-refractivity contribution is 0.394. The minimum atomic E-state index is -3.76. The van der Waals surface area contributed by atoms with Crippen LogP contribution in [0.3, 0.4) is 0 Å². The number of aryl methyl sites for hydroxylation is 3. The van der Waals surface area contributed by atoms with Crippen LogP contribution in [0.4, 0.5) is 5.82 Å². The van der Waals surface area contributed by atoms with Crippen molar-refractivity contribution in [1.82, 2.24) is 15.3 Å². The van der Waals surface area contributed by atoms with E-state index in [9.17, 15) is 8.42 Å². The van der Waals surface area contributed by atoms with E-state index in [4.69, 9.17) is 9.05 Å². The summed E-state index contributed by atoms with van der Waals surface area (Å²) in [4.78, 5) is 5.48. The van der Waals surface area contributed by atoms with Gasteiger partial charge in [-0.2, -0.15) is 4.98 Å². The van der Waals surface area contributed by atoms with Crippen molar-refractivity contribution in [3.8, 4) is 10.7 Å². The van der Waals surface area contributed by atoms with Crippen molar-refractivity contribution in [2.75, 3.05) is 4.72 Å². The highest BCUT2D eigenvalue weighted by molar-refractivity contribution is 7.93. The topological polar surface area (TPSA) is 111 Å². The minimum absolute atomic E-state index is 0.139. The van der Waals surface area contributed by atoms with Gasteiger partial charge in [-0.1, -0.05) is 10.3 Å². The summed E-state index contributed by atoms with van der Waals surface area (Å²) in [6.07, 6.45) is 0. The summed E-state index contributed by atoms with van der Waals surface area (Å²) in [5.74, 6) is 1.44. The fraction of sp³-hybridized carbons (Fsp3) is 0.250. The molecule has 0 bridgehead atoms. The summed E-state index contributed by atoms with van der Waals surface area (Å²) < 4.78 is 37.0. The van der Waals surface area contributed by atoms with E-state index in [1.54, 1.807) is 20.8 Å². The van der Waals surface area contributed by atoms with E-state index in [2.05, 4.69) is 20.0 Å². The van der Waals surface area contributed by atoms with Gasteiger partial charge in [0.25, 0.3) is 10.0 Å². The average molecular weight is 340 g/mol. The lowest BCUT2D eigenvalue weighted by Gasteiger charge is -2.03. The van der Waals surface area contributed by atoms with Gasteiger partial charge >= 0.3 is 0 Å². The first-order valence-corrected chi connectivity index (χ1v) is 8.52. The van der Waals surface area contributed by atoms with Crippen LogP contribution in [0, 0.1) is 20.8 Å². The first kappa shape index (κ1) is 14.7. The van der Waals surface area contributed by atoms with Gasteiger partial charge in [-0.3, -0.25) is 4.72 Å². The van der Waals surface area contributed by atoms with Gasteiger partial charge in [0.15, 0.2) is 5.82 Å². The smallest absolute Gasteiger partial charge is 0.264 e. The Bertz CT molecular complexity index is 923. The van der Waals surface area contributed by atoms with Crippen LogP contribution in [-0.4, -0.2) is 23.7 Å². The molecule has 0 aliphatic rings. The van der Waals surface area contributed by atoms with Gasteiger partial charge in [-0.25, -0.2) is 8.42 Å². The van der Waals surface area contributed by atoms with Crippen molar-refractivity contribution in [1.29, 1.82) is 0 Å². The largest absolute Gasteiger partial charge is 0.360 e. The Morgan fingerprint density at radius 3 is 2.50 bits per heavy atom. The summed E-state index contributed by atoms with van der Waals surface area (Å²) >= 11 is 1.28. The molecule has 0 unspecified atom stereocenters. The summed E-state index contributed by atoms with van der Waals surface area (Å²) in [5.41, 5.74) is 0. The van der Waals surface area contributed by atoms with E-state index < -0.39 is 10.0 Å². The number of nitrogens with one attached hydrogen (secondary N) is 1. The normalized spacial score (nSPS) is 11.8. The molecule has 1 N–H and O–H groups in total. The van der Waals surface area contributed by atoms with Gasteiger partial charge < -0.3 is 9.05 Å². The molecule has 0 amide bonds. The van der Waals surface area contributed by atoms with E-state index in [1.165, 1.54) is 23.5 Å². The van der Waals surface area contributed by atoms with Gasteiger partial charge in [0.05, 0.1) is 4.88 Å². The quantitative estimate of drug-likeness (QED) is 0.776. The molecule has 0 aliphatic heterocycles. The van der Waals surface area contributed by atoms with Crippen LogP contribution in [0.5, 0.6) is 0 Å². The highest BCUT2D eigenvalue weighted by atomic mass is 32.2. The van der Waals surface area contributed by atoms with E-state index in [1.807, 2.05) is 0 Å². The fourth-order valence-electron chi connectivity index (χ4n) is 1.85. The number of nitrogens with zero attached hydrogens (tertiary/aromatic N) is 3. The molecule has 3 aromatic rings. The number of anilines is 1. The zero-order chi connectivity index (χ0) is 15.9. The third kappa shape index (κ3) is 2.74. The van der Waals surface area contributed by atoms with E-state index >= 15 is 0 Å². The van der Waals surface area contributed by atoms with Crippen LogP contribution in [0.2, 0.25) is 0 Å². The van der Waals surface area contributed by atoms with E-state index in [0.29, 0.717) is 27.2 Å². The van der Waals surface area contributed by atoms with Crippen molar-refractivity contribution in [3.63, 3.8) is 0 Å². The molecule has 10 heteroatoms. The van der Waals surface area contributed by atoms with Crippen molar-refractivity contribution < 1.29 is 17.5 Å². The van der Waals surface area contributed by atoms with Gasteiger partial charge in [0.2, 0.25) is 11.7 Å². The molecule has 0 atom stereocenters. The average Bonchev–Trinajstić information content (AvgIpc) is 3.10. The van der Waals surface area contributed by atoms with Crippen molar-refractivity contribution >= 4 is 27.2 Å². The van der Waals surface area contributed by atoms with Crippen LogP contribution in [0.25, 0.3) is 10.7 Å². The number of hydrogen-bond acceptors (Lipinski definition) is 8. The third-order valence-electron chi connectivity index (χ3n) is 2.78. The lowest BCUT2D eigenvalue weighted by atomic mass is 10.4. The molecule has 0 spiro atoms. The van der Waals surface area contributed by atoms with Crippen LogP contribution in [0.15, 0.2) is 26.1 Å². The SMILES string of the molecule is Cc1cc(NS(=O)(=O)c2cc(-c3noc(C)n3)sc2C)no1. The molecule has 0 aromatic carbocycles. The lowest BCUT2D eigenvalue weighted by Crippen LogP contribution is -2.13. The molecule has 0 saturated heterocycles. The standard InChI is InChI=1S/C12H12N4O4S2/c1-6-4-11(14-19-6)16-22(17,18)10-5-9(21-7(10)2)12-13-8(3)20-15-12/h4-5H,1-3H3,(H,14,16). The van der Waals surface area contributed by atoms with Crippen molar-refractivity contribution in [2.45, 2.75) is 25.7 Å². The monoisotopic (exact) mass is 340 g/mol. The molecule has 3 heterocycles. The summed E-state index contributed by atoms with van der Waals surface area (Å²) in [5, 5.41) is 7.41. The molecular formula is C12H12N4O4S2. The van der Waals surface area contributed by atoms with Crippen molar-refractivity contribution in [3.05, 3.63) is 28.7 Å². The molecular weight excluding hydrogens is 328 g/mol. The Balaban J connectivity index is 1.95. The van der Waals surface area contributed by atoms with Gasteiger partial charge in [-0.15, -0.1) is 11.3 Å². The van der Waals surface area contributed by atoms with Gasteiger partial charge in [0, 0.05) is 17.9 Å². The summed E-state index contributed by atoms with van der Waals surface area (Å²) in [6.45, 7) is 5.06. The van der Waals surface area contributed by atoms with Gasteiger partial charge in [0.1, 0.15) is 10.7 Å². The molecule has 8 nitrogen and oxygen atoms in total. The van der Waals surface area contributed by atoms with E-state index in [0.717, 1.165) is 0 Å². The minimum Gasteiger partial charge on any atom is -0.360 e. The van der Waals surface area contributed by atoms with Crippen molar-refractivity contribution in [2.24, 2.45) is 0 Å². The Labute approximate surface area is 130 Å². The number of hydrogen-bond donors (Lipinski definition) is 1. The Morgan fingerprint density at radius 2 is 1.91 bits per heavy atom. The first-order chi connectivity index (χ1) is 10.3. The molecule has 0 radical (unpaired) electrons. The number of aromatic nitrogens is 3. The first-order valence-electron chi connectivity index (χ1n) is 6.22.